The van der Waals surface area contributed by atoms with Crippen LogP contribution in [0.25, 0.3) is 0 Å². The molecule has 0 fully saturated rings. The highest BCUT2D eigenvalue weighted by Gasteiger charge is 2.26. The number of methoxy groups -OCH3 is 1. The van der Waals surface area contributed by atoms with Crippen LogP contribution in [0.1, 0.15) is 12.0 Å². The summed E-state index contributed by atoms with van der Waals surface area (Å²) in [6.07, 6.45) is 0.0324. The number of carboxylic acids is 1. The van der Waals surface area contributed by atoms with Crippen molar-refractivity contribution in [3.8, 4) is 0 Å². The molecule has 0 amide bonds. The van der Waals surface area contributed by atoms with Crippen LogP contribution in [0.2, 0.25) is 5.02 Å². The van der Waals surface area contributed by atoms with Crippen molar-refractivity contribution < 1.29 is 23.1 Å². The fraction of sp³-hybridized carbons (Fsp3) is 0.417. The molecular weight excluding hydrogens is 306 g/mol. The first-order valence-corrected chi connectivity index (χ1v) is 7.64. The Morgan fingerprint density at radius 1 is 1.50 bits per heavy atom. The van der Waals surface area contributed by atoms with E-state index in [9.17, 15) is 13.2 Å². The fourth-order valence-electron chi connectivity index (χ4n) is 1.58. The number of halogens is 1. The molecule has 1 atom stereocenters. The molecule has 0 radical (unpaired) electrons. The summed E-state index contributed by atoms with van der Waals surface area (Å²) in [5.41, 5.74) is 0.484. The standard InChI is InChI=1S/C12H16ClNO5S/c1-8-3-4-9(13)7-11(8)20(17,18)14-10(12(15)16)5-6-19-2/h3-4,7,10,14H,5-6H2,1-2H3,(H,15,16). The smallest absolute Gasteiger partial charge is 0.321 e. The lowest BCUT2D eigenvalue weighted by molar-refractivity contribution is -0.139. The molecular formula is C12H16ClNO5S. The molecule has 0 aliphatic heterocycles. The number of carbonyl (C=O) groups is 1. The zero-order valence-corrected chi connectivity index (χ0v) is 12.7. The van der Waals surface area contributed by atoms with E-state index in [2.05, 4.69) is 4.72 Å². The third-order valence-electron chi connectivity index (χ3n) is 2.65. The minimum Gasteiger partial charge on any atom is -0.480 e. The van der Waals surface area contributed by atoms with Gasteiger partial charge in [-0.3, -0.25) is 4.79 Å². The molecule has 0 aromatic heterocycles. The van der Waals surface area contributed by atoms with Crippen LogP contribution in [-0.2, 0) is 19.6 Å². The molecule has 0 bridgehead atoms. The van der Waals surface area contributed by atoms with E-state index in [1.165, 1.54) is 13.2 Å². The van der Waals surface area contributed by atoms with E-state index in [-0.39, 0.29) is 22.9 Å². The van der Waals surface area contributed by atoms with Gasteiger partial charge in [-0.25, -0.2) is 8.42 Å². The molecule has 0 aliphatic rings. The first-order valence-electron chi connectivity index (χ1n) is 5.78. The van der Waals surface area contributed by atoms with Gasteiger partial charge in [0.25, 0.3) is 0 Å². The third-order valence-corrected chi connectivity index (χ3v) is 4.49. The quantitative estimate of drug-likeness (QED) is 0.792. The van der Waals surface area contributed by atoms with Crippen LogP contribution < -0.4 is 4.72 Å². The van der Waals surface area contributed by atoms with Gasteiger partial charge in [0.15, 0.2) is 0 Å². The number of aryl methyl sites for hydroxylation is 1. The predicted octanol–water partition coefficient (Wildman–Crippen LogP) is 1.42. The first-order chi connectivity index (χ1) is 9.27. The number of sulfonamides is 1. The summed E-state index contributed by atoms with van der Waals surface area (Å²) >= 11 is 5.78. The van der Waals surface area contributed by atoms with E-state index < -0.39 is 22.0 Å². The molecule has 2 N–H and O–H groups in total. The average molecular weight is 322 g/mol. The van der Waals surface area contributed by atoms with Crippen LogP contribution >= 0.6 is 11.6 Å². The molecule has 1 rings (SSSR count). The van der Waals surface area contributed by atoms with Gasteiger partial charge < -0.3 is 9.84 Å². The summed E-state index contributed by atoms with van der Waals surface area (Å²) in [5.74, 6) is -1.26. The Hall–Kier alpha value is -1.15. The molecule has 0 heterocycles. The zero-order chi connectivity index (χ0) is 15.3. The largest absolute Gasteiger partial charge is 0.480 e. The molecule has 0 spiro atoms. The molecule has 6 nitrogen and oxygen atoms in total. The number of carboxylic acid groups (broad SMARTS) is 1. The van der Waals surface area contributed by atoms with Crippen LogP contribution in [0.15, 0.2) is 23.1 Å². The topological polar surface area (TPSA) is 92.7 Å². The summed E-state index contributed by atoms with van der Waals surface area (Å²) in [4.78, 5) is 11.0. The van der Waals surface area contributed by atoms with Gasteiger partial charge in [-0.05, 0) is 31.0 Å². The van der Waals surface area contributed by atoms with E-state index in [0.717, 1.165) is 0 Å². The molecule has 1 aromatic carbocycles. The summed E-state index contributed by atoms with van der Waals surface area (Å²) in [7, 11) is -2.55. The number of nitrogens with one attached hydrogen (secondary N) is 1. The second kappa shape index (κ2) is 7.03. The van der Waals surface area contributed by atoms with Crippen molar-refractivity contribution in [1.29, 1.82) is 0 Å². The van der Waals surface area contributed by atoms with Crippen LogP contribution in [0.4, 0.5) is 0 Å². The van der Waals surface area contributed by atoms with Gasteiger partial charge in [-0.2, -0.15) is 4.72 Å². The van der Waals surface area contributed by atoms with Gasteiger partial charge in [0, 0.05) is 18.7 Å². The van der Waals surface area contributed by atoms with E-state index >= 15 is 0 Å². The summed E-state index contributed by atoms with van der Waals surface area (Å²) < 4.78 is 31.3. The monoisotopic (exact) mass is 321 g/mol. The van der Waals surface area contributed by atoms with Crippen molar-refractivity contribution in [1.82, 2.24) is 4.72 Å². The van der Waals surface area contributed by atoms with Crippen LogP contribution in [0, 0.1) is 6.92 Å². The van der Waals surface area contributed by atoms with E-state index in [1.54, 1.807) is 19.1 Å². The zero-order valence-electron chi connectivity index (χ0n) is 11.1. The maximum atomic E-state index is 12.2. The van der Waals surface area contributed by atoms with Gasteiger partial charge in [0.1, 0.15) is 6.04 Å². The normalized spacial score (nSPS) is 13.2. The lowest BCUT2D eigenvalue weighted by Crippen LogP contribution is -2.41. The highest BCUT2D eigenvalue weighted by molar-refractivity contribution is 7.89. The maximum absolute atomic E-state index is 12.2. The Morgan fingerprint density at radius 3 is 2.70 bits per heavy atom. The summed E-state index contributed by atoms with van der Waals surface area (Å²) in [6.45, 7) is 1.74. The van der Waals surface area contributed by atoms with Gasteiger partial charge in [0.2, 0.25) is 10.0 Å². The van der Waals surface area contributed by atoms with Crippen molar-refractivity contribution >= 4 is 27.6 Å². The van der Waals surface area contributed by atoms with E-state index in [4.69, 9.17) is 21.4 Å². The third kappa shape index (κ3) is 4.45. The first kappa shape index (κ1) is 16.9. The van der Waals surface area contributed by atoms with Gasteiger partial charge in [0.05, 0.1) is 4.90 Å². The van der Waals surface area contributed by atoms with Crippen LogP contribution in [0.5, 0.6) is 0 Å². The number of benzene rings is 1. The lowest BCUT2D eigenvalue weighted by atomic mass is 10.2. The van der Waals surface area contributed by atoms with Crippen molar-refractivity contribution in [2.75, 3.05) is 13.7 Å². The highest BCUT2D eigenvalue weighted by Crippen LogP contribution is 2.20. The highest BCUT2D eigenvalue weighted by atomic mass is 35.5. The summed E-state index contributed by atoms with van der Waals surface area (Å²) in [6, 6.07) is 3.16. The molecule has 0 saturated carbocycles. The molecule has 0 saturated heterocycles. The Morgan fingerprint density at radius 2 is 2.15 bits per heavy atom. The molecule has 1 unspecified atom stereocenters. The molecule has 1 aromatic rings. The van der Waals surface area contributed by atoms with Crippen molar-refractivity contribution in [3.63, 3.8) is 0 Å². The average Bonchev–Trinajstić information content (AvgIpc) is 2.36. The second-order valence-corrected chi connectivity index (χ2v) is 6.32. The van der Waals surface area contributed by atoms with Crippen LogP contribution in [-0.4, -0.2) is 39.3 Å². The van der Waals surface area contributed by atoms with Crippen molar-refractivity contribution in [2.24, 2.45) is 0 Å². The Kier molecular flexibility index (Phi) is 5.94. The Balaban J connectivity index is 3.03. The predicted molar refractivity (Wildman–Crippen MR) is 74.4 cm³/mol. The number of hydrogen-bond acceptors (Lipinski definition) is 4. The number of hydrogen-bond donors (Lipinski definition) is 2. The van der Waals surface area contributed by atoms with Crippen molar-refractivity contribution in [2.45, 2.75) is 24.3 Å². The van der Waals surface area contributed by atoms with Crippen LogP contribution in [0.3, 0.4) is 0 Å². The van der Waals surface area contributed by atoms with Gasteiger partial charge in [-0.15, -0.1) is 0 Å². The van der Waals surface area contributed by atoms with E-state index in [0.29, 0.717) is 5.56 Å². The fourth-order valence-corrected chi connectivity index (χ4v) is 3.31. The number of rotatable bonds is 7. The van der Waals surface area contributed by atoms with Gasteiger partial charge in [-0.1, -0.05) is 17.7 Å². The van der Waals surface area contributed by atoms with Gasteiger partial charge >= 0.3 is 5.97 Å². The summed E-state index contributed by atoms with van der Waals surface area (Å²) in [5, 5.41) is 9.29. The minimum atomic E-state index is -3.96. The molecule has 0 aliphatic carbocycles. The molecule has 8 heteroatoms. The SMILES string of the molecule is COCCC(NS(=O)(=O)c1cc(Cl)ccc1C)C(=O)O. The number of ether oxygens (including phenoxy) is 1. The second-order valence-electron chi connectivity index (χ2n) is 4.20. The lowest BCUT2D eigenvalue weighted by Gasteiger charge is -2.15. The van der Waals surface area contributed by atoms with Crippen molar-refractivity contribution in [3.05, 3.63) is 28.8 Å². The maximum Gasteiger partial charge on any atom is 0.321 e. The Labute approximate surface area is 122 Å². The molecule has 20 heavy (non-hydrogen) atoms. The number of aliphatic carboxylic acids is 1. The van der Waals surface area contributed by atoms with E-state index in [1.807, 2.05) is 0 Å². The Bertz CT molecular complexity index is 588. The minimum absolute atomic E-state index is 0.0324. The molecule has 112 valence electrons.